The van der Waals surface area contributed by atoms with E-state index < -0.39 is 23.0 Å². The maximum absolute atomic E-state index is 14.5. The standard InChI is InChI=1S/C17H16ClF2N3O2S/c1-24-23-17(21)15-12(19)4-5-13(16(15)20)25-8-14-22-10-6-9(18)2-3-11(7-10)26-14/h2-6,10-11H,7-8H2,1H3,(H2,21,23). The van der Waals surface area contributed by atoms with E-state index in [1.54, 1.807) is 0 Å². The van der Waals surface area contributed by atoms with Crippen molar-refractivity contribution in [1.29, 1.82) is 0 Å². The number of halogens is 3. The fourth-order valence-electron chi connectivity index (χ4n) is 2.63. The van der Waals surface area contributed by atoms with Gasteiger partial charge in [0.1, 0.15) is 24.6 Å². The van der Waals surface area contributed by atoms with Gasteiger partial charge in [0.25, 0.3) is 0 Å². The molecule has 138 valence electrons. The lowest BCUT2D eigenvalue weighted by atomic mass is 10.1. The molecule has 5 nitrogen and oxygen atoms in total. The highest BCUT2D eigenvalue weighted by Crippen LogP contribution is 2.32. The summed E-state index contributed by atoms with van der Waals surface area (Å²) in [5.74, 6) is -2.34. The lowest BCUT2D eigenvalue weighted by molar-refractivity contribution is 0.213. The molecule has 26 heavy (non-hydrogen) atoms. The molecule has 0 spiro atoms. The highest BCUT2D eigenvalue weighted by atomic mass is 35.5. The summed E-state index contributed by atoms with van der Waals surface area (Å²) in [6, 6.07) is 2.22. The zero-order chi connectivity index (χ0) is 18.7. The normalized spacial score (nSPS) is 22.4. The summed E-state index contributed by atoms with van der Waals surface area (Å²) >= 11 is 7.59. The summed E-state index contributed by atoms with van der Waals surface area (Å²) in [6.45, 7) is 0.0558. The van der Waals surface area contributed by atoms with Crippen molar-refractivity contribution in [2.24, 2.45) is 15.9 Å². The average molecular weight is 400 g/mol. The van der Waals surface area contributed by atoms with Gasteiger partial charge in [-0.25, -0.2) is 8.78 Å². The molecule has 2 N–H and O–H groups in total. The second-order valence-corrected chi connectivity index (χ2v) is 7.32. The first-order valence-corrected chi connectivity index (χ1v) is 9.00. The van der Waals surface area contributed by atoms with E-state index in [0.29, 0.717) is 10.1 Å². The minimum absolute atomic E-state index is 0.0412. The zero-order valence-electron chi connectivity index (χ0n) is 13.8. The van der Waals surface area contributed by atoms with Gasteiger partial charge in [-0.2, -0.15) is 0 Å². The van der Waals surface area contributed by atoms with E-state index in [1.807, 2.05) is 18.2 Å². The van der Waals surface area contributed by atoms with Crippen LogP contribution in [0, 0.1) is 11.6 Å². The molecule has 1 aromatic carbocycles. The number of allylic oxidation sites excluding steroid dienone is 2. The molecule has 1 aliphatic heterocycles. The van der Waals surface area contributed by atoms with Crippen LogP contribution in [0.25, 0.3) is 0 Å². The fourth-order valence-corrected chi connectivity index (χ4v) is 3.97. The highest BCUT2D eigenvalue weighted by Gasteiger charge is 2.25. The van der Waals surface area contributed by atoms with Crippen molar-refractivity contribution < 1.29 is 18.4 Å². The molecule has 1 aliphatic carbocycles. The molecule has 2 unspecified atom stereocenters. The van der Waals surface area contributed by atoms with Gasteiger partial charge >= 0.3 is 0 Å². The van der Waals surface area contributed by atoms with Gasteiger partial charge in [-0.3, -0.25) is 4.99 Å². The van der Waals surface area contributed by atoms with Crippen LogP contribution in [-0.2, 0) is 4.84 Å². The monoisotopic (exact) mass is 399 g/mol. The van der Waals surface area contributed by atoms with Crippen molar-refractivity contribution in [2.45, 2.75) is 17.7 Å². The number of hydrogen-bond acceptors (Lipinski definition) is 5. The Labute approximate surface area is 158 Å². The molecule has 1 heterocycles. The SMILES string of the molecule is CO/N=C(\N)c1c(F)ccc(OCC2=NC3C=C(Cl)C=CC(C3)S2)c1F. The van der Waals surface area contributed by atoms with Crippen molar-refractivity contribution in [3.8, 4) is 5.75 Å². The quantitative estimate of drug-likeness (QED) is 0.467. The molecule has 0 amide bonds. The van der Waals surface area contributed by atoms with Crippen LogP contribution in [0.2, 0.25) is 0 Å². The van der Waals surface area contributed by atoms with Gasteiger partial charge in [-0.05, 0) is 30.7 Å². The van der Waals surface area contributed by atoms with E-state index in [4.69, 9.17) is 22.1 Å². The lowest BCUT2D eigenvalue weighted by Crippen LogP contribution is -2.23. The van der Waals surface area contributed by atoms with Crippen LogP contribution in [0.15, 0.2) is 45.5 Å². The van der Waals surface area contributed by atoms with E-state index in [-0.39, 0.29) is 23.6 Å². The molecule has 2 atom stereocenters. The molecule has 0 saturated heterocycles. The van der Waals surface area contributed by atoms with E-state index in [0.717, 1.165) is 12.5 Å². The Balaban J connectivity index is 1.77. The summed E-state index contributed by atoms with van der Waals surface area (Å²) in [5.41, 5.74) is 5.05. The summed E-state index contributed by atoms with van der Waals surface area (Å²) in [6.07, 6.45) is 6.58. The molecule has 1 aromatic rings. The average Bonchev–Trinajstić information content (AvgIpc) is 2.72. The summed E-state index contributed by atoms with van der Waals surface area (Å²) in [7, 11) is 1.23. The van der Waals surface area contributed by atoms with Crippen LogP contribution in [0.4, 0.5) is 8.78 Å². The van der Waals surface area contributed by atoms with Gasteiger partial charge in [0.05, 0.1) is 11.6 Å². The second kappa shape index (κ2) is 8.09. The fraction of sp³-hybridized carbons (Fsp3) is 0.294. The molecule has 3 rings (SSSR count). The maximum atomic E-state index is 14.5. The summed E-state index contributed by atoms with van der Waals surface area (Å²) in [5, 5.41) is 4.95. The molecule has 0 fully saturated rings. The second-order valence-electron chi connectivity index (χ2n) is 5.58. The molecule has 2 bridgehead atoms. The van der Waals surface area contributed by atoms with Crippen molar-refractivity contribution in [2.75, 3.05) is 13.7 Å². The molecule has 9 heteroatoms. The third-order valence-corrected chi connectivity index (χ3v) is 5.14. The number of fused-ring (bicyclic) bond motifs is 2. The van der Waals surface area contributed by atoms with Crippen LogP contribution >= 0.6 is 23.4 Å². The predicted octanol–water partition coefficient (Wildman–Crippen LogP) is 3.58. The molecule has 0 aromatic heterocycles. The van der Waals surface area contributed by atoms with Crippen LogP contribution in [0.3, 0.4) is 0 Å². The topological polar surface area (TPSA) is 69.2 Å². The summed E-state index contributed by atoms with van der Waals surface area (Å²) < 4.78 is 33.9. The minimum atomic E-state index is -0.940. The smallest absolute Gasteiger partial charge is 0.179 e. The number of benzene rings is 1. The molecular formula is C17H16ClF2N3O2S. The number of oxime groups is 1. The third-order valence-electron chi connectivity index (χ3n) is 3.75. The van der Waals surface area contributed by atoms with Gasteiger partial charge in [-0.1, -0.05) is 22.8 Å². The Kier molecular flexibility index (Phi) is 5.83. The van der Waals surface area contributed by atoms with Crippen LogP contribution in [0.1, 0.15) is 12.0 Å². The first-order valence-electron chi connectivity index (χ1n) is 7.74. The van der Waals surface area contributed by atoms with Crippen LogP contribution < -0.4 is 10.5 Å². The van der Waals surface area contributed by atoms with Gasteiger partial charge < -0.3 is 15.3 Å². The van der Waals surface area contributed by atoms with Gasteiger partial charge in [0, 0.05) is 10.3 Å². The Morgan fingerprint density at radius 2 is 2.27 bits per heavy atom. The molecule has 0 saturated carbocycles. The van der Waals surface area contributed by atoms with E-state index in [2.05, 4.69) is 15.0 Å². The maximum Gasteiger partial charge on any atom is 0.179 e. The largest absolute Gasteiger partial charge is 0.484 e. The van der Waals surface area contributed by atoms with Crippen molar-refractivity contribution >= 4 is 34.2 Å². The number of rotatable bonds is 5. The van der Waals surface area contributed by atoms with Crippen LogP contribution in [-0.4, -0.2) is 35.9 Å². The number of nitrogens with two attached hydrogens (primary N) is 1. The Hall–Kier alpha value is -2.06. The van der Waals surface area contributed by atoms with E-state index in [1.165, 1.54) is 24.9 Å². The van der Waals surface area contributed by atoms with Gasteiger partial charge in [0.2, 0.25) is 0 Å². The molecular weight excluding hydrogens is 384 g/mol. The van der Waals surface area contributed by atoms with Crippen LogP contribution in [0.5, 0.6) is 5.75 Å². The Bertz CT molecular complexity index is 826. The molecule has 0 radical (unpaired) electrons. The first kappa shape index (κ1) is 18.7. The number of hydrogen-bond donors (Lipinski definition) is 1. The predicted molar refractivity (Wildman–Crippen MR) is 99.9 cm³/mol. The molecule has 2 aliphatic rings. The van der Waals surface area contributed by atoms with E-state index in [9.17, 15) is 8.78 Å². The Morgan fingerprint density at radius 1 is 1.46 bits per heavy atom. The zero-order valence-corrected chi connectivity index (χ0v) is 15.4. The third kappa shape index (κ3) is 4.19. The van der Waals surface area contributed by atoms with Crippen molar-refractivity contribution in [1.82, 2.24) is 0 Å². The number of thioether (sulfide) groups is 1. The Morgan fingerprint density at radius 3 is 3.04 bits per heavy atom. The minimum Gasteiger partial charge on any atom is -0.484 e. The number of aliphatic imine (C=N–C) groups is 1. The highest BCUT2D eigenvalue weighted by molar-refractivity contribution is 8.14. The van der Waals surface area contributed by atoms with Gasteiger partial charge in [0.15, 0.2) is 17.4 Å². The lowest BCUT2D eigenvalue weighted by Gasteiger charge is -2.22. The van der Waals surface area contributed by atoms with Crippen molar-refractivity contribution in [3.63, 3.8) is 0 Å². The number of nitrogens with zero attached hydrogens (tertiary/aromatic N) is 2. The van der Waals surface area contributed by atoms with E-state index >= 15 is 0 Å². The summed E-state index contributed by atoms with van der Waals surface area (Å²) in [4.78, 5) is 9.02. The van der Waals surface area contributed by atoms with Crippen molar-refractivity contribution in [3.05, 3.63) is 52.6 Å². The first-order chi connectivity index (χ1) is 12.5. The number of ether oxygens (including phenoxy) is 1. The van der Waals surface area contributed by atoms with Gasteiger partial charge in [-0.15, -0.1) is 11.8 Å². The number of amidine groups is 1.